The molecule has 26 heavy (non-hydrogen) atoms. The van der Waals surface area contributed by atoms with Gasteiger partial charge < -0.3 is 55.3 Å². The summed E-state index contributed by atoms with van der Waals surface area (Å²) in [4.78, 5) is 11.4. The number of aliphatic hydroxyl groups is 7. The van der Waals surface area contributed by atoms with Gasteiger partial charge in [0.05, 0.1) is 13.2 Å². The first kappa shape index (κ1) is 21.4. The molecule has 2 aliphatic rings. The van der Waals surface area contributed by atoms with Crippen LogP contribution in [0.2, 0.25) is 0 Å². The smallest absolute Gasteiger partial charge is 0.217 e. The van der Waals surface area contributed by atoms with Crippen molar-refractivity contribution >= 4 is 5.91 Å². The van der Waals surface area contributed by atoms with Crippen molar-refractivity contribution in [2.24, 2.45) is 0 Å². The van der Waals surface area contributed by atoms with Gasteiger partial charge in [-0.25, -0.2) is 0 Å². The van der Waals surface area contributed by atoms with E-state index in [4.69, 9.17) is 14.2 Å². The lowest BCUT2D eigenvalue weighted by atomic mass is 9.95. The predicted molar refractivity (Wildman–Crippen MR) is 80.2 cm³/mol. The van der Waals surface area contributed by atoms with Gasteiger partial charge in [-0.05, 0) is 0 Å². The topological polar surface area (TPSA) is 198 Å². The van der Waals surface area contributed by atoms with Gasteiger partial charge in [-0.3, -0.25) is 4.79 Å². The highest BCUT2D eigenvalue weighted by Gasteiger charge is 2.50. The molecule has 10 atom stereocenters. The maximum Gasteiger partial charge on any atom is 0.217 e. The first-order valence-electron chi connectivity index (χ1n) is 8.06. The molecule has 0 aromatic heterocycles. The third-order valence-corrected chi connectivity index (χ3v) is 4.38. The summed E-state index contributed by atoms with van der Waals surface area (Å²) in [6.45, 7) is -0.199. The fourth-order valence-electron chi connectivity index (χ4n) is 2.97. The van der Waals surface area contributed by atoms with E-state index in [1.807, 2.05) is 0 Å². The molecule has 152 valence electrons. The Morgan fingerprint density at radius 1 is 0.923 bits per heavy atom. The molecule has 12 nitrogen and oxygen atoms in total. The molecular formula is C14H25NO11. The van der Waals surface area contributed by atoms with Crippen molar-refractivity contribution in [3.8, 4) is 0 Å². The number of rotatable bonds is 5. The molecule has 12 heteroatoms. The van der Waals surface area contributed by atoms with Gasteiger partial charge >= 0.3 is 0 Å². The summed E-state index contributed by atoms with van der Waals surface area (Å²) in [7, 11) is 0. The van der Waals surface area contributed by atoms with Crippen molar-refractivity contribution in [3.05, 3.63) is 0 Å². The third kappa shape index (κ3) is 4.31. The maximum absolute atomic E-state index is 11.4. The maximum atomic E-state index is 11.4. The van der Waals surface area contributed by atoms with Gasteiger partial charge in [0.1, 0.15) is 48.8 Å². The minimum Gasteiger partial charge on any atom is -0.394 e. The quantitative estimate of drug-likeness (QED) is 0.226. The molecule has 2 aliphatic heterocycles. The molecule has 2 heterocycles. The average molecular weight is 383 g/mol. The number of carbonyl (C=O) groups is 1. The van der Waals surface area contributed by atoms with Crippen LogP contribution in [0.5, 0.6) is 0 Å². The minimum absolute atomic E-state index is 0.581. The lowest BCUT2D eigenvalue weighted by Gasteiger charge is -2.46. The molecule has 8 N–H and O–H groups in total. The summed E-state index contributed by atoms with van der Waals surface area (Å²) < 4.78 is 15.6. The Hall–Kier alpha value is -0.930. The van der Waals surface area contributed by atoms with Crippen LogP contribution in [0.25, 0.3) is 0 Å². The van der Waals surface area contributed by atoms with E-state index in [2.05, 4.69) is 5.32 Å². The molecule has 0 bridgehead atoms. The minimum atomic E-state index is -1.77. The number of hydrogen-bond acceptors (Lipinski definition) is 11. The first-order valence-corrected chi connectivity index (χ1v) is 8.06. The Morgan fingerprint density at radius 3 is 2.04 bits per heavy atom. The van der Waals surface area contributed by atoms with Crippen molar-refractivity contribution in [1.82, 2.24) is 5.32 Å². The van der Waals surface area contributed by atoms with Gasteiger partial charge in [-0.1, -0.05) is 0 Å². The van der Waals surface area contributed by atoms with Crippen LogP contribution >= 0.6 is 0 Å². The number of amides is 1. The highest BCUT2D eigenvalue weighted by molar-refractivity contribution is 5.73. The van der Waals surface area contributed by atoms with Gasteiger partial charge in [-0.15, -0.1) is 0 Å². The Labute approximate surface area is 148 Å². The SMILES string of the molecule is CC(=O)N[C@H]1[C@@H](O[C@@H]2[C@@H](O)[C@@H](O)O[C@H](CO)[C@H]2O)O[C@H](CO)[C@@H](O)[C@@H]1O. The van der Waals surface area contributed by atoms with E-state index in [0.29, 0.717) is 0 Å². The summed E-state index contributed by atoms with van der Waals surface area (Å²) in [6.07, 6.45) is -13.7. The van der Waals surface area contributed by atoms with Gasteiger partial charge in [0.25, 0.3) is 0 Å². The zero-order chi connectivity index (χ0) is 19.6. The van der Waals surface area contributed by atoms with Crippen molar-refractivity contribution in [2.75, 3.05) is 13.2 Å². The predicted octanol–water partition coefficient (Wildman–Crippen LogP) is -5.25. The van der Waals surface area contributed by atoms with Crippen molar-refractivity contribution in [1.29, 1.82) is 0 Å². The lowest BCUT2D eigenvalue weighted by molar-refractivity contribution is -0.341. The fraction of sp³-hybridized carbons (Fsp3) is 0.929. The first-order chi connectivity index (χ1) is 12.2. The molecule has 0 spiro atoms. The van der Waals surface area contributed by atoms with Gasteiger partial charge in [-0.2, -0.15) is 0 Å². The van der Waals surface area contributed by atoms with E-state index in [1.165, 1.54) is 0 Å². The van der Waals surface area contributed by atoms with E-state index in [0.717, 1.165) is 6.92 Å². The Bertz CT molecular complexity index is 480. The van der Waals surface area contributed by atoms with E-state index in [1.54, 1.807) is 0 Å². The van der Waals surface area contributed by atoms with Crippen molar-refractivity contribution < 1.29 is 54.8 Å². The summed E-state index contributed by atoms with van der Waals surface area (Å²) in [5, 5.41) is 70.8. The average Bonchev–Trinajstić information content (AvgIpc) is 2.60. The summed E-state index contributed by atoms with van der Waals surface area (Å²) in [5.74, 6) is -0.581. The fourth-order valence-corrected chi connectivity index (χ4v) is 2.97. The number of hydrogen-bond donors (Lipinski definition) is 8. The number of carbonyl (C=O) groups excluding carboxylic acids is 1. The molecule has 2 fully saturated rings. The van der Waals surface area contributed by atoms with Crippen LogP contribution in [0, 0.1) is 0 Å². The van der Waals surface area contributed by atoms with Gasteiger partial charge in [0.15, 0.2) is 12.6 Å². The highest BCUT2D eigenvalue weighted by atomic mass is 16.7. The second kappa shape index (κ2) is 8.84. The van der Waals surface area contributed by atoms with Crippen LogP contribution in [0.4, 0.5) is 0 Å². The summed E-state index contributed by atoms with van der Waals surface area (Å²) in [5.41, 5.74) is 0. The molecular weight excluding hydrogens is 358 g/mol. The molecule has 2 rings (SSSR count). The molecule has 0 aliphatic carbocycles. The standard InChI is InChI=1S/C14H25NO11/c1-4(18)15-7-10(21)8(19)5(2-16)25-14(7)26-12-9(20)6(3-17)24-13(23)11(12)22/h5-14,16-17,19-23H,2-3H2,1H3,(H,15,18)/t5-,6-,7-,8-,9-,10-,11-,12+,13+,14-/m1/s1. The highest BCUT2D eigenvalue weighted by Crippen LogP contribution is 2.28. The summed E-state index contributed by atoms with van der Waals surface area (Å²) in [6, 6.07) is -1.29. The van der Waals surface area contributed by atoms with Crippen molar-refractivity contribution in [3.63, 3.8) is 0 Å². The van der Waals surface area contributed by atoms with E-state index in [9.17, 15) is 40.5 Å². The van der Waals surface area contributed by atoms with Crippen LogP contribution < -0.4 is 5.32 Å². The zero-order valence-electron chi connectivity index (χ0n) is 14.0. The Kier molecular flexibility index (Phi) is 7.27. The number of ether oxygens (including phenoxy) is 3. The molecule has 0 aromatic rings. The van der Waals surface area contributed by atoms with Gasteiger partial charge in [0, 0.05) is 6.92 Å². The Balaban J connectivity index is 2.22. The number of aliphatic hydroxyl groups excluding tert-OH is 7. The molecule has 1 amide bonds. The molecule has 0 aromatic carbocycles. The largest absolute Gasteiger partial charge is 0.394 e. The molecule has 0 saturated carbocycles. The normalized spacial score (nSPS) is 46.8. The van der Waals surface area contributed by atoms with Gasteiger partial charge in [0.2, 0.25) is 5.91 Å². The Morgan fingerprint density at radius 2 is 1.50 bits per heavy atom. The zero-order valence-corrected chi connectivity index (χ0v) is 14.0. The van der Waals surface area contributed by atoms with E-state index >= 15 is 0 Å². The van der Waals surface area contributed by atoms with Crippen LogP contribution in [0.1, 0.15) is 6.92 Å². The van der Waals surface area contributed by atoms with Crippen molar-refractivity contribution in [2.45, 2.75) is 68.3 Å². The monoisotopic (exact) mass is 383 g/mol. The van der Waals surface area contributed by atoms with E-state index < -0.39 is 80.5 Å². The summed E-state index contributed by atoms with van der Waals surface area (Å²) >= 11 is 0. The van der Waals surface area contributed by atoms with Crippen LogP contribution in [-0.2, 0) is 19.0 Å². The lowest BCUT2D eigenvalue weighted by Crippen LogP contribution is -2.67. The molecule has 2 saturated heterocycles. The van der Waals surface area contributed by atoms with Crippen LogP contribution in [0.15, 0.2) is 0 Å². The number of nitrogens with one attached hydrogen (secondary N) is 1. The third-order valence-electron chi connectivity index (χ3n) is 4.38. The molecule has 0 radical (unpaired) electrons. The van der Waals surface area contributed by atoms with E-state index in [-0.39, 0.29) is 0 Å². The second-order valence-corrected chi connectivity index (χ2v) is 6.26. The molecule has 0 unspecified atom stereocenters. The van der Waals surface area contributed by atoms with Crippen LogP contribution in [0.3, 0.4) is 0 Å². The van der Waals surface area contributed by atoms with Crippen LogP contribution in [-0.4, -0.2) is 116 Å². The second-order valence-electron chi connectivity index (χ2n) is 6.26.